The van der Waals surface area contributed by atoms with Gasteiger partial charge in [-0.05, 0) is 25.5 Å². The maximum absolute atomic E-state index is 12.7. The average Bonchev–Trinajstić information content (AvgIpc) is 3.25. The van der Waals surface area contributed by atoms with Crippen LogP contribution in [0.1, 0.15) is 21.1 Å². The van der Waals surface area contributed by atoms with Crippen LogP contribution in [-0.2, 0) is 9.59 Å². The topological polar surface area (TPSA) is 141 Å². The first-order chi connectivity index (χ1) is 16.7. The van der Waals surface area contributed by atoms with Gasteiger partial charge in [0.15, 0.2) is 5.13 Å². The number of halogens is 1. The number of nitrogens with one attached hydrogen (secondary N) is 2. The van der Waals surface area contributed by atoms with Crippen LogP contribution in [0, 0.1) is 13.8 Å². The zero-order valence-electron chi connectivity index (χ0n) is 18.9. The van der Waals surface area contributed by atoms with E-state index in [1.165, 1.54) is 11.1 Å². The summed E-state index contributed by atoms with van der Waals surface area (Å²) in [5.41, 5.74) is 1.40. The fourth-order valence-corrected chi connectivity index (χ4v) is 4.51. The summed E-state index contributed by atoms with van der Waals surface area (Å²) in [6, 6.07) is 7.06. The number of anilines is 4. The Morgan fingerprint density at radius 2 is 2.03 bits per heavy atom. The van der Waals surface area contributed by atoms with Gasteiger partial charge in [0, 0.05) is 19.2 Å². The van der Waals surface area contributed by atoms with Gasteiger partial charge in [0.2, 0.25) is 5.91 Å². The Bertz CT molecular complexity index is 1280. The molecule has 2 aromatic heterocycles. The Balaban J connectivity index is 1.45. The number of aromatic nitrogens is 3. The molecule has 0 aliphatic carbocycles. The number of rotatable bonds is 7. The van der Waals surface area contributed by atoms with Crippen LogP contribution >= 0.6 is 22.9 Å². The Kier molecular flexibility index (Phi) is 7.12. The number of carboxylic acid groups (broad SMARTS) is 1. The van der Waals surface area contributed by atoms with Crippen molar-refractivity contribution in [3.63, 3.8) is 0 Å². The number of nitrogens with zero attached hydrogens (tertiary/aromatic N) is 5. The van der Waals surface area contributed by atoms with Crippen molar-refractivity contribution >= 4 is 63.2 Å². The molecule has 0 atom stereocenters. The lowest BCUT2D eigenvalue weighted by molar-refractivity contribution is -0.144. The summed E-state index contributed by atoms with van der Waals surface area (Å²) in [6.45, 7) is 4.01. The second kappa shape index (κ2) is 10.2. The Morgan fingerprint density at radius 1 is 1.23 bits per heavy atom. The number of piperazine rings is 1. The average molecular weight is 516 g/mol. The maximum atomic E-state index is 12.7. The number of hydrogen-bond donors (Lipinski definition) is 3. The summed E-state index contributed by atoms with van der Waals surface area (Å²) in [6.07, 6.45) is 1.46. The van der Waals surface area contributed by atoms with Crippen LogP contribution < -0.4 is 15.5 Å². The quantitative estimate of drug-likeness (QED) is 0.433. The number of carbonyl (C=O) groups is 3. The lowest BCUT2D eigenvalue weighted by Gasteiger charge is -2.34. The molecule has 1 aliphatic heterocycles. The van der Waals surface area contributed by atoms with Crippen molar-refractivity contribution < 1.29 is 19.5 Å². The third-order valence-corrected chi connectivity index (χ3v) is 6.44. The molecule has 1 aliphatic rings. The van der Waals surface area contributed by atoms with Gasteiger partial charge in [-0.1, -0.05) is 35.1 Å². The van der Waals surface area contributed by atoms with Crippen molar-refractivity contribution in [2.75, 3.05) is 41.7 Å². The molecule has 0 saturated carbocycles. The Morgan fingerprint density at radius 3 is 2.74 bits per heavy atom. The van der Waals surface area contributed by atoms with Crippen molar-refractivity contribution in [2.24, 2.45) is 0 Å². The van der Waals surface area contributed by atoms with E-state index in [9.17, 15) is 14.4 Å². The first kappa shape index (κ1) is 24.4. The van der Waals surface area contributed by atoms with E-state index in [-0.39, 0.29) is 31.4 Å². The molecule has 0 bridgehead atoms. The van der Waals surface area contributed by atoms with Gasteiger partial charge in [0.25, 0.3) is 5.91 Å². The molecule has 3 heterocycles. The Hall–Kier alpha value is -3.77. The SMILES string of the molecule is Cc1nc(Nc2ncc(C(=O)Nc3c(C)cccc3Cl)s2)cc(N2CCN(CC(=O)O)C(=O)C2)n1. The van der Waals surface area contributed by atoms with Gasteiger partial charge in [-0.25, -0.2) is 15.0 Å². The molecule has 3 aromatic rings. The molecular formula is C22H22ClN7O4S. The van der Waals surface area contributed by atoms with E-state index in [2.05, 4.69) is 25.6 Å². The minimum absolute atomic E-state index is 0.0200. The third-order valence-electron chi connectivity index (χ3n) is 5.22. The lowest BCUT2D eigenvalue weighted by atomic mass is 10.2. The lowest BCUT2D eigenvalue weighted by Crippen LogP contribution is -2.52. The van der Waals surface area contributed by atoms with Crippen molar-refractivity contribution in [3.8, 4) is 0 Å². The second-order valence-corrected chi connectivity index (χ2v) is 9.27. The number of aryl methyl sites for hydroxylation is 2. The van der Waals surface area contributed by atoms with Gasteiger partial charge >= 0.3 is 5.97 Å². The number of aliphatic carboxylic acids is 1. The van der Waals surface area contributed by atoms with E-state index in [4.69, 9.17) is 16.7 Å². The van der Waals surface area contributed by atoms with E-state index in [1.807, 2.05) is 19.1 Å². The highest BCUT2D eigenvalue weighted by molar-refractivity contribution is 7.17. The zero-order chi connectivity index (χ0) is 25.1. The number of carboxylic acids is 1. The van der Waals surface area contributed by atoms with E-state index < -0.39 is 5.97 Å². The molecule has 4 rings (SSSR count). The van der Waals surface area contributed by atoms with Gasteiger partial charge in [-0.15, -0.1) is 0 Å². The largest absolute Gasteiger partial charge is 0.480 e. The fourth-order valence-electron chi connectivity index (χ4n) is 3.52. The predicted molar refractivity (Wildman–Crippen MR) is 133 cm³/mol. The fraction of sp³-hybridized carbons (Fsp3) is 0.273. The number of thiazole rings is 1. The minimum atomic E-state index is -1.05. The molecule has 0 unspecified atom stereocenters. The molecule has 35 heavy (non-hydrogen) atoms. The van der Waals surface area contributed by atoms with Gasteiger partial charge < -0.3 is 25.5 Å². The minimum Gasteiger partial charge on any atom is -0.480 e. The molecule has 3 N–H and O–H groups in total. The molecule has 1 aromatic carbocycles. The van der Waals surface area contributed by atoms with Crippen LogP contribution in [0.2, 0.25) is 5.02 Å². The highest BCUT2D eigenvalue weighted by atomic mass is 35.5. The zero-order valence-corrected chi connectivity index (χ0v) is 20.5. The molecule has 182 valence electrons. The number of carbonyl (C=O) groups excluding carboxylic acids is 2. The molecule has 1 fully saturated rings. The standard InChI is InChI=1S/C22H22ClN7O4S/c1-12-4-3-5-14(23)20(12)28-21(34)15-9-24-22(35-15)27-16-8-17(26-13(2)25-16)29-6-7-30(11-19(32)33)18(31)10-29/h3-5,8-9H,6-7,10-11H2,1-2H3,(H,28,34)(H,32,33)(H,24,25,26,27). The monoisotopic (exact) mass is 515 g/mol. The summed E-state index contributed by atoms with van der Waals surface area (Å²) in [4.78, 5) is 52.4. The van der Waals surface area contributed by atoms with Crippen LogP contribution in [0.3, 0.4) is 0 Å². The second-order valence-electron chi connectivity index (χ2n) is 7.83. The van der Waals surface area contributed by atoms with E-state index in [0.717, 1.165) is 16.9 Å². The van der Waals surface area contributed by atoms with Crippen molar-refractivity contribution in [1.29, 1.82) is 0 Å². The maximum Gasteiger partial charge on any atom is 0.323 e. The van der Waals surface area contributed by atoms with Crippen LogP contribution in [-0.4, -0.2) is 68.9 Å². The predicted octanol–water partition coefficient (Wildman–Crippen LogP) is 2.93. The third kappa shape index (κ3) is 5.84. The van der Waals surface area contributed by atoms with Crippen LogP contribution in [0.4, 0.5) is 22.5 Å². The highest BCUT2D eigenvalue weighted by Gasteiger charge is 2.26. The highest BCUT2D eigenvalue weighted by Crippen LogP contribution is 2.28. The van der Waals surface area contributed by atoms with Crippen molar-refractivity contribution in [3.05, 3.63) is 51.7 Å². The van der Waals surface area contributed by atoms with Crippen LogP contribution in [0.15, 0.2) is 30.5 Å². The number of benzene rings is 1. The molecule has 1 saturated heterocycles. The van der Waals surface area contributed by atoms with Crippen molar-refractivity contribution in [2.45, 2.75) is 13.8 Å². The number of para-hydroxylation sites is 1. The summed E-state index contributed by atoms with van der Waals surface area (Å²) >= 11 is 7.35. The number of hydrogen-bond acceptors (Lipinski definition) is 9. The molecule has 0 radical (unpaired) electrons. The van der Waals surface area contributed by atoms with Crippen LogP contribution in [0.25, 0.3) is 0 Å². The van der Waals surface area contributed by atoms with Crippen LogP contribution in [0.5, 0.6) is 0 Å². The molecular weight excluding hydrogens is 494 g/mol. The molecule has 0 spiro atoms. The van der Waals surface area contributed by atoms with Gasteiger partial charge in [0.1, 0.15) is 28.9 Å². The normalized spacial score (nSPS) is 13.6. The smallest absolute Gasteiger partial charge is 0.323 e. The molecule has 13 heteroatoms. The summed E-state index contributed by atoms with van der Waals surface area (Å²) in [7, 11) is 0. The van der Waals surface area contributed by atoms with Gasteiger partial charge in [-0.2, -0.15) is 0 Å². The van der Waals surface area contributed by atoms with Gasteiger partial charge in [0.05, 0.1) is 23.5 Å². The summed E-state index contributed by atoms with van der Waals surface area (Å²) in [5, 5.41) is 15.8. The molecule has 11 nitrogen and oxygen atoms in total. The first-order valence-corrected chi connectivity index (χ1v) is 11.8. The van der Waals surface area contributed by atoms with E-state index in [0.29, 0.717) is 44.7 Å². The summed E-state index contributed by atoms with van der Waals surface area (Å²) in [5.74, 6) is -0.190. The van der Waals surface area contributed by atoms with E-state index in [1.54, 1.807) is 24.0 Å². The van der Waals surface area contributed by atoms with Gasteiger partial charge in [-0.3, -0.25) is 14.4 Å². The summed E-state index contributed by atoms with van der Waals surface area (Å²) < 4.78 is 0. The Labute approximate surface area is 209 Å². The molecule has 2 amide bonds. The van der Waals surface area contributed by atoms with Crippen molar-refractivity contribution in [1.82, 2.24) is 19.9 Å². The van der Waals surface area contributed by atoms with E-state index >= 15 is 0 Å². The first-order valence-electron chi connectivity index (χ1n) is 10.6. The number of amides is 2.